The maximum atomic E-state index is 11.8. The van der Waals surface area contributed by atoms with Crippen LogP contribution >= 0.6 is 31.9 Å². The quantitative estimate of drug-likeness (QED) is 0.720. The Kier molecular flexibility index (Phi) is 4.59. The molecule has 19 heavy (non-hydrogen) atoms. The fourth-order valence-electron chi connectivity index (χ4n) is 1.58. The van der Waals surface area contributed by atoms with Gasteiger partial charge in [-0.15, -0.1) is 0 Å². The summed E-state index contributed by atoms with van der Waals surface area (Å²) in [4.78, 5) is 22.9. The normalized spacial score (nSPS) is 14.2. The van der Waals surface area contributed by atoms with Crippen LogP contribution in [-0.4, -0.2) is 29.6 Å². The summed E-state index contributed by atoms with van der Waals surface area (Å²) in [6, 6.07) is 3.57. The van der Waals surface area contributed by atoms with Crippen LogP contribution in [0.15, 0.2) is 21.1 Å². The first-order valence-electron chi connectivity index (χ1n) is 5.73. The molecular weight excluding hydrogens is 380 g/mol. The van der Waals surface area contributed by atoms with E-state index < -0.39 is 5.97 Å². The van der Waals surface area contributed by atoms with Crippen molar-refractivity contribution >= 4 is 49.4 Å². The average molecular weight is 392 g/mol. The number of carbonyl (C=O) groups excluding carboxylic acids is 1. The van der Waals surface area contributed by atoms with Crippen LogP contribution in [0.3, 0.4) is 0 Å². The van der Waals surface area contributed by atoms with Gasteiger partial charge >= 0.3 is 5.97 Å². The Hall–Kier alpha value is -0.920. The Bertz CT molecular complexity index is 530. The van der Waals surface area contributed by atoms with Crippen LogP contribution in [-0.2, 0) is 4.79 Å². The highest BCUT2D eigenvalue weighted by atomic mass is 79.9. The largest absolute Gasteiger partial charge is 0.478 e. The van der Waals surface area contributed by atoms with Crippen LogP contribution in [0.1, 0.15) is 23.2 Å². The zero-order chi connectivity index (χ0) is 14.0. The van der Waals surface area contributed by atoms with Gasteiger partial charge in [0.05, 0.1) is 17.8 Å². The number of amides is 1. The summed E-state index contributed by atoms with van der Waals surface area (Å²) in [6.07, 6.45) is 2.19. The average Bonchev–Trinajstić information content (AvgIpc) is 3.13. The van der Waals surface area contributed by atoms with Crippen molar-refractivity contribution in [2.45, 2.75) is 18.9 Å². The summed E-state index contributed by atoms with van der Waals surface area (Å²) in [5.41, 5.74) is 0.319. The van der Waals surface area contributed by atoms with Crippen molar-refractivity contribution in [3.63, 3.8) is 0 Å². The van der Waals surface area contributed by atoms with E-state index in [0.29, 0.717) is 15.0 Å². The van der Waals surface area contributed by atoms with E-state index in [1.165, 1.54) is 6.07 Å². The zero-order valence-corrected chi connectivity index (χ0v) is 13.0. The second-order valence-corrected chi connectivity index (χ2v) is 6.09. The smallest absolute Gasteiger partial charge is 0.337 e. The van der Waals surface area contributed by atoms with E-state index in [4.69, 9.17) is 5.11 Å². The first-order valence-corrected chi connectivity index (χ1v) is 7.31. The molecule has 1 saturated carbocycles. The minimum atomic E-state index is -1.09. The molecule has 1 aliphatic rings. The zero-order valence-electron chi connectivity index (χ0n) is 9.87. The van der Waals surface area contributed by atoms with Gasteiger partial charge in [0.25, 0.3) is 0 Å². The van der Waals surface area contributed by atoms with Crippen molar-refractivity contribution in [3.8, 4) is 0 Å². The minimum Gasteiger partial charge on any atom is -0.478 e. The van der Waals surface area contributed by atoms with Crippen LogP contribution in [0.2, 0.25) is 0 Å². The Morgan fingerprint density at radius 1 is 1.32 bits per heavy atom. The fraction of sp³-hybridized carbons (Fsp3) is 0.333. The van der Waals surface area contributed by atoms with Crippen LogP contribution in [0.25, 0.3) is 0 Å². The van der Waals surface area contributed by atoms with Gasteiger partial charge in [0.1, 0.15) is 0 Å². The molecule has 0 aromatic heterocycles. The number of hydrogen-bond donors (Lipinski definition) is 3. The lowest BCUT2D eigenvalue weighted by Crippen LogP contribution is -2.30. The second kappa shape index (κ2) is 6.02. The van der Waals surface area contributed by atoms with Gasteiger partial charge in [0, 0.05) is 15.0 Å². The number of nitrogens with one attached hydrogen (secondary N) is 2. The molecule has 0 atom stereocenters. The van der Waals surface area contributed by atoms with Crippen LogP contribution in [0, 0.1) is 0 Å². The maximum Gasteiger partial charge on any atom is 0.337 e. The van der Waals surface area contributed by atoms with Crippen LogP contribution in [0.5, 0.6) is 0 Å². The molecule has 0 unspecified atom stereocenters. The molecule has 0 aliphatic heterocycles. The molecule has 102 valence electrons. The van der Waals surface area contributed by atoms with Gasteiger partial charge in [0.2, 0.25) is 5.91 Å². The van der Waals surface area contributed by atoms with Gasteiger partial charge in [-0.2, -0.15) is 0 Å². The van der Waals surface area contributed by atoms with E-state index in [1.807, 2.05) is 0 Å². The number of carboxylic acid groups (broad SMARTS) is 1. The fourth-order valence-corrected chi connectivity index (χ4v) is 2.90. The molecule has 0 heterocycles. The van der Waals surface area contributed by atoms with Crippen LogP contribution in [0.4, 0.5) is 5.69 Å². The number of carbonyl (C=O) groups is 2. The molecule has 0 radical (unpaired) electrons. The van der Waals surface area contributed by atoms with Crippen molar-refractivity contribution in [1.82, 2.24) is 5.32 Å². The summed E-state index contributed by atoms with van der Waals surface area (Å²) in [7, 11) is 0. The van der Waals surface area contributed by atoms with Crippen molar-refractivity contribution < 1.29 is 14.7 Å². The first kappa shape index (κ1) is 14.5. The summed E-state index contributed by atoms with van der Waals surface area (Å²) >= 11 is 6.48. The number of anilines is 1. The topological polar surface area (TPSA) is 78.4 Å². The first-order chi connectivity index (χ1) is 8.97. The van der Waals surface area contributed by atoms with Crippen molar-refractivity contribution in [1.29, 1.82) is 0 Å². The predicted octanol–water partition coefficient (Wildman–Crippen LogP) is 2.60. The van der Waals surface area contributed by atoms with Gasteiger partial charge in [0.15, 0.2) is 0 Å². The monoisotopic (exact) mass is 390 g/mol. The lowest BCUT2D eigenvalue weighted by atomic mass is 10.2. The van der Waals surface area contributed by atoms with Crippen molar-refractivity contribution in [2.75, 3.05) is 11.9 Å². The third-order valence-electron chi connectivity index (χ3n) is 2.68. The van der Waals surface area contributed by atoms with Gasteiger partial charge in [-0.3, -0.25) is 4.79 Å². The van der Waals surface area contributed by atoms with E-state index in [2.05, 4.69) is 42.5 Å². The molecule has 1 aliphatic carbocycles. The van der Waals surface area contributed by atoms with Gasteiger partial charge < -0.3 is 15.7 Å². The Morgan fingerprint density at radius 2 is 2.00 bits per heavy atom. The number of aromatic carboxylic acids is 1. The SMILES string of the molecule is O=C(CNC1CC1)Nc1c(Br)cc(Br)cc1C(=O)O. The summed E-state index contributed by atoms with van der Waals surface area (Å²) in [5, 5.41) is 14.8. The van der Waals surface area contributed by atoms with E-state index in [0.717, 1.165) is 12.8 Å². The van der Waals surface area contributed by atoms with E-state index in [-0.39, 0.29) is 23.7 Å². The molecular formula is C12H12Br2N2O3. The highest BCUT2D eigenvalue weighted by molar-refractivity contribution is 9.11. The molecule has 5 nitrogen and oxygen atoms in total. The lowest BCUT2D eigenvalue weighted by Gasteiger charge is -2.11. The van der Waals surface area contributed by atoms with E-state index >= 15 is 0 Å². The van der Waals surface area contributed by atoms with Crippen LogP contribution < -0.4 is 10.6 Å². The number of carboxylic acids is 1. The standard InChI is InChI=1S/C12H12Br2N2O3/c13-6-3-8(12(18)19)11(9(14)4-6)16-10(17)5-15-7-1-2-7/h3-4,7,15H,1-2,5H2,(H,16,17)(H,18,19). The predicted molar refractivity (Wildman–Crippen MR) is 78.5 cm³/mol. The van der Waals surface area contributed by atoms with E-state index in [9.17, 15) is 9.59 Å². The molecule has 2 rings (SSSR count). The number of hydrogen-bond acceptors (Lipinski definition) is 3. The second-order valence-electron chi connectivity index (χ2n) is 4.32. The third-order valence-corrected chi connectivity index (χ3v) is 3.76. The molecule has 0 bridgehead atoms. The maximum absolute atomic E-state index is 11.8. The number of benzene rings is 1. The minimum absolute atomic E-state index is 0.0426. The number of halogens is 2. The summed E-state index contributed by atoms with van der Waals surface area (Å²) in [5.74, 6) is -1.34. The van der Waals surface area contributed by atoms with Crippen molar-refractivity contribution in [3.05, 3.63) is 26.6 Å². The van der Waals surface area contributed by atoms with Gasteiger partial charge in [-0.1, -0.05) is 15.9 Å². The molecule has 0 spiro atoms. The lowest BCUT2D eigenvalue weighted by molar-refractivity contribution is -0.115. The molecule has 1 aromatic rings. The Balaban J connectivity index is 2.13. The Labute approximate surface area is 127 Å². The Morgan fingerprint density at radius 3 is 2.58 bits per heavy atom. The van der Waals surface area contributed by atoms with Gasteiger partial charge in [-0.05, 0) is 40.9 Å². The molecule has 7 heteroatoms. The van der Waals surface area contributed by atoms with E-state index in [1.54, 1.807) is 6.07 Å². The highest BCUT2D eigenvalue weighted by Gasteiger charge is 2.22. The molecule has 1 fully saturated rings. The molecule has 0 saturated heterocycles. The molecule has 1 aromatic carbocycles. The molecule has 1 amide bonds. The summed E-state index contributed by atoms with van der Waals surface area (Å²) in [6.45, 7) is 0.187. The van der Waals surface area contributed by atoms with Crippen molar-refractivity contribution in [2.24, 2.45) is 0 Å². The highest BCUT2D eigenvalue weighted by Crippen LogP contribution is 2.30. The number of rotatable bonds is 5. The summed E-state index contributed by atoms with van der Waals surface area (Å²) < 4.78 is 1.16. The third kappa shape index (κ3) is 4.02. The molecule has 3 N–H and O–H groups in total. The van der Waals surface area contributed by atoms with Gasteiger partial charge in [-0.25, -0.2) is 4.79 Å².